The van der Waals surface area contributed by atoms with Crippen molar-refractivity contribution in [2.45, 2.75) is 0 Å². The number of hydrogen-bond acceptors (Lipinski definition) is 2. The topological polar surface area (TPSA) is 31.3 Å². The molecule has 5 heteroatoms. The lowest BCUT2D eigenvalue weighted by molar-refractivity contribution is 1.15. The van der Waals surface area contributed by atoms with Crippen molar-refractivity contribution >= 4 is 113 Å². The van der Waals surface area contributed by atoms with Gasteiger partial charge in [0.25, 0.3) is 5.56 Å². The normalized spacial score (nSPS) is 12.4. The second kappa shape index (κ2) is 11.7. The highest BCUT2D eigenvalue weighted by Crippen LogP contribution is 2.46. The number of para-hydroxylation sites is 4. The quantitative estimate of drug-likeness (QED) is 0.164. The predicted molar refractivity (Wildman–Crippen MR) is 254 cm³/mol. The Morgan fingerprint density at radius 1 is 0.350 bits per heavy atom. The molecule has 0 aliphatic rings. The standard InChI is InChI=1S/C55H31N3OS/c59-55-43-19-5-4-15-35(43)39-20-12-21-40-45-29-32(25-28-49(45)58(55)51(39)40)44-30-34(31-46-38-18-8-11-24-50(38)60-54(44)46)57-48-23-10-7-17-37(48)42-27-26-41-36-16-6-9-22-47(36)56(52(41)53(42)57)33-13-2-1-3-14-33/h1-31H. The van der Waals surface area contributed by atoms with Gasteiger partial charge in [0.05, 0.1) is 33.1 Å². The van der Waals surface area contributed by atoms with Crippen LogP contribution in [-0.4, -0.2) is 13.5 Å². The SMILES string of the molecule is O=c1c2ccccc2c2cccc3c4cc(-c5cc(-n6c7ccccc7c7ccc8c9ccccc9n(-c9ccccc9)c8c76)cc6c5sc5ccccc56)ccc4n1c23. The maximum absolute atomic E-state index is 14.2. The number of fused-ring (bicyclic) bond motifs is 15. The highest BCUT2D eigenvalue weighted by atomic mass is 32.1. The summed E-state index contributed by atoms with van der Waals surface area (Å²) in [7, 11) is 0. The third-order valence-corrected chi connectivity index (χ3v) is 14.2. The third kappa shape index (κ3) is 4.11. The molecule has 14 aromatic rings. The van der Waals surface area contributed by atoms with Gasteiger partial charge in [-0.3, -0.25) is 9.20 Å². The summed E-state index contributed by atoms with van der Waals surface area (Å²) in [6, 6.07) is 67.8. The van der Waals surface area contributed by atoms with Crippen LogP contribution in [0.25, 0.3) is 124 Å². The number of thiophene rings is 1. The van der Waals surface area contributed by atoms with Gasteiger partial charge in [-0.15, -0.1) is 11.3 Å². The van der Waals surface area contributed by atoms with E-state index in [1.807, 2.05) is 33.9 Å². The van der Waals surface area contributed by atoms with Crippen LogP contribution < -0.4 is 5.56 Å². The first-order valence-corrected chi connectivity index (χ1v) is 21.2. The highest BCUT2D eigenvalue weighted by Gasteiger charge is 2.24. The number of benzene rings is 9. The second-order valence-corrected chi connectivity index (χ2v) is 17.0. The zero-order valence-electron chi connectivity index (χ0n) is 32.1. The van der Waals surface area contributed by atoms with E-state index in [-0.39, 0.29) is 5.56 Å². The lowest BCUT2D eigenvalue weighted by atomic mass is 9.99. The van der Waals surface area contributed by atoms with E-state index in [9.17, 15) is 4.79 Å². The number of pyridine rings is 1. The van der Waals surface area contributed by atoms with Crippen LogP contribution in [0.5, 0.6) is 0 Å². The van der Waals surface area contributed by atoms with Gasteiger partial charge in [0.1, 0.15) is 0 Å². The summed E-state index contributed by atoms with van der Waals surface area (Å²) < 4.78 is 9.41. The Kier molecular flexibility index (Phi) is 6.28. The van der Waals surface area contributed by atoms with Crippen molar-refractivity contribution in [1.29, 1.82) is 0 Å². The van der Waals surface area contributed by atoms with E-state index in [0.29, 0.717) is 0 Å². The summed E-state index contributed by atoms with van der Waals surface area (Å²) in [6.07, 6.45) is 0. The minimum Gasteiger partial charge on any atom is -0.307 e. The molecule has 0 radical (unpaired) electrons. The molecule has 0 aliphatic carbocycles. The molecule has 0 spiro atoms. The Hall–Kier alpha value is -7.73. The molecule has 0 fully saturated rings. The molecule has 4 nitrogen and oxygen atoms in total. The van der Waals surface area contributed by atoms with Gasteiger partial charge in [-0.2, -0.15) is 0 Å². The van der Waals surface area contributed by atoms with Crippen molar-refractivity contribution in [3.8, 4) is 22.5 Å². The minimum atomic E-state index is 0.0246. The summed E-state index contributed by atoms with van der Waals surface area (Å²) in [4.78, 5) is 14.2. The van der Waals surface area contributed by atoms with Gasteiger partial charge in [0.2, 0.25) is 0 Å². The molecule has 5 aromatic heterocycles. The molecule has 0 bridgehead atoms. The zero-order chi connectivity index (χ0) is 39.2. The molecule has 0 amide bonds. The molecule has 0 N–H and O–H groups in total. The molecule has 0 unspecified atom stereocenters. The lowest BCUT2D eigenvalue weighted by Crippen LogP contribution is -2.12. The summed E-state index contributed by atoms with van der Waals surface area (Å²) in [6.45, 7) is 0. The Morgan fingerprint density at radius 2 is 0.917 bits per heavy atom. The molecule has 278 valence electrons. The molecule has 60 heavy (non-hydrogen) atoms. The Balaban J connectivity index is 1.13. The van der Waals surface area contributed by atoms with Gasteiger partial charge in [0.15, 0.2) is 0 Å². The minimum absolute atomic E-state index is 0.0246. The average molecular weight is 782 g/mol. The van der Waals surface area contributed by atoms with Gasteiger partial charge >= 0.3 is 0 Å². The van der Waals surface area contributed by atoms with E-state index >= 15 is 0 Å². The smallest absolute Gasteiger partial charge is 0.263 e. The van der Waals surface area contributed by atoms with Crippen LogP contribution in [0.2, 0.25) is 0 Å². The fraction of sp³-hybridized carbons (Fsp3) is 0. The second-order valence-electron chi connectivity index (χ2n) is 16.0. The van der Waals surface area contributed by atoms with Crippen LogP contribution >= 0.6 is 11.3 Å². The Morgan fingerprint density at radius 3 is 1.65 bits per heavy atom. The fourth-order valence-corrected chi connectivity index (χ4v) is 11.7. The van der Waals surface area contributed by atoms with Gasteiger partial charge in [-0.25, -0.2) is 0 Å². The van der Waals surface area contributed by atoms with Crippen molar-refractivity contribution in [3.63, 3.8) is 0 Å². The van der Waals surface area contributed by atoms with Crippen molar-refractivity contribution in [2.75, 3.05) is 0 Å². The third-order valence-electron chi connectivity index (χ3n) is 13.0. The number of aromatic nitrogens is 3. The maximum atomic E-state index is 14.2. The summed E-state index contributed by atoms with van der Waals surface area (Å²) in [5.74, 6) is 0. The fourth-order valence-electron chi connectivity index (χ4n) is 10.5. The first-order chi connectivity index (χ1) is 29.7. The highest BCUT2D eigenvalue weighted by molar-refractivity contribution is 7.26. The summed E-state index contributed by atoms with van der Waals surface area (Å²) in [5.41, 5.74) is 11.2. The molecule has 0 saturated heterocycles. The molecular weight excluding hydrogens is 751 g/mol. The van der Waals surface area contributed by atoms with E-state index in [1.54, 1.807) is 0 Å². The van der Waals surface area contributed by atoms with E-state index < -0.39 is 0 Å². The van der Waals surface area contributed by atoms with Gasteiger partial charge in [-0.1, -0.05) is 127 Å². The van der Waals surface area contributed by atoms with Crippen LogP contribution in [0, 0.1) is 0 Å². The monoisotopic (exact) mass is 781 g/mol. The van der Waals surface area contributed by atoms with Crippen LogP contribution in [0.15, 0.2) is 193 Å². The van der Waals surface area contributed by atoms with E-state index in [0.717, 1.165) is 60.4 Å². The first-order valence-electron chi connectivity index (χ1n) is 20.4. The largest absolute Gasteiger partial charge is 0.307 e. The van der Waals surface area contributed by atoms with Crippen LogP contribution in [0.4, 0.5) is 0 Å². The molecule has 9 aromatic carbocycles. The van der Waals surface area contributed by atoms with Crippen molar-refractivity contribution in [3.05, 3.63) is 198 Å². The number of hydrogen-bond donors (Lipinski definition) is 0. The molecular formula is C55H31N3OS. The summed E-state index contributed by atoms with van der Waals surface area (Å²) >= 11 is 1.85. The first kappa shape index (κ1) is 32.3. The van der Waals surface area contributed by atoms with E-state index in [4.69, 9.17) is 0 Å². The van der Waals surface area contributed by atoms with Gasteiger partial charge in [0, 0.05) is 80.2 Å². The summed E-state index contributed by atoms with van der Waals surface area (Å²) in [5, 5.41) is 12.4. The van der Waals surface area contributed by atoms with Gasteiger partial charge in [-0.05, 0) is 71.6 Å². The maximum Gasteiger partial charge on any atom is 0.263 e. The molecule has 0 saturated carbocycles. The van der Waals surface area contributed by atoms with Crippen molar-refractivity contribution in [1.82, 2.24) is 13.5 Å². The molecule has 0 aliphatic heterocycles. The molecule has 14 rings (SSSR count). The van der Waals surface area contributed by atoms with Crippen LogP contribution in [-0.2, 0) is 0 Å². The predicted octanol–water partition coefficient (Wildman–Crippen LogP) is 14.4. The van der Waals surface area contributed by atoms with E-state index in [1.165, 1.54) is 63.8 Å². The van der Waals surface area contributed by atoms with Crippen LogP contribution in [0.3, 0.4) is 0 Å². The molecule has 0 atom stereocenters. The average Bonchev–Trinajstić information content (AvgIpc) is 4.05. The molecule has 5 heterocycles. The zero-order valence-corrected chi connectivity index (χ0v) is 32.9. The van der Waals surface area contributed by atoms with Gasteiger partial charge < -0.3 is 9.13 Å². The van der Waals surface area contributed by atoms with Crippen LogP contribution in [0.1, 0.15) is 0 Å². The van der Waals surface area contributed by atoms with E-state index in [2.05, 4.69) is 179 Å². The Labute approximate surface area is 345 Å². The van der Waals surface area contributed by atoms with Crippen molar-refractivity contribution < 1.29 is 0 Å². The lowest BCUT2D eigenvalue weighted by Gasteiger charge is -2.15. The Bertz CT molecular complexity index is 4200. The number of rotatable bonds is 3. The van der Waals surface area contributed by atoms with Crippen molar-refractivity contribution in [2.24, 2.45) is 0 Å². The number of nitrogens with zero attached hydrogens (tertiary/aromatic N) is 3.